The van der Waals surface area contributed by atoms with Gasteiger partial charge in [0.2, 0.25) is 5.91 Å². The Kier molecular flexibility index (Phi) is 10.7. The number of fused-ring (bicyclic) bond motifs is 1. The van der Waals surface area contributed by atoms with Gasteiger partial charge in [-0.25, -0.2) is 0 Å². The average molecular weight is 412 g/mol. The number of nitrogens with one attached hydrogen (secondary N) is 1. The molecule has 3 nitrogen and oxygen atoms in total. The summed E-state index contributed by atoms with van der Waals surface area (Å²) in [5, 5.41) is 13.6. The second-order valence-electron chi connectivity index (χ2n) is 10.2. The molecule has 0 aromatic rings. The van der Waals surface area contributed by atoms with Gasteiger partial charge in [-0.15, -0.1) is 0 Å². The molecular weight excluding hydrogens is 366 g/mol. The molecule has 5 atom stereocenters. The van der Waals surface area contributed by atoms with Gasteiger partial charge in [-0.05, 0) is 67.9 Å². The Hall–Kier alpha value is -0.220. The number of carbonyl (C=O) groups is 1. The third-order valence-corrected chi connectivity index (χ3v) is 8.13. The topological polar surface area (TPSA) is 49.3 Å². The monoisotopic (exact) mass is 411 g/mol. The zero-order valence-corrected chi connectivity index (χ0v) is 19.6. The average Bonchev–Trinajstić information content (AvgIpc) is 2.65. The molecular formula is C24H45NO2S. The molecule has 2 rings (SSSR count). The first-order chi connectivity index (χ1) is 13.4. The van der Waals surface area contributed by atoms with Crippen molar-refractivity contribution in [2.24, 2.45) is 29.6 Å². The molecule has 0 bridgehead atoms. The summed E-state index contributed by atoms with van der Waals surface area (Å²) in [7, 11) is 0. The highest BCUT2D eigenvalue weighted by Crippen LogP contribution is 2.43. The van der Waals surface area contributed by atoms with Crippen LogP contribution in [0.3, 0.4) is 0 Å². The van der Waals surface area contributed by atoms with Gasteiger partial charge in [-0.1, -0.05) is 53.4 Å². The molecule has 2 saturated carbocycles. The predicted octanol–water partition coefficient (Wildman–Crippen LogP) is 5.65. The molecule has 0 heterocycles. The standard InChI is InChI=1S/C24H45NO2S/c1-17(2)13-21(24(27)25-22(16-26)14-18(3)4)11-12-28-23-10-9-19-7-5-6-8-20(19)15-23/h17-23,26H,5-16H2,1-4H3,(H,25,27)/t19?,20?,21?,22-,23?/m0/s1. The molecule has 0 aliphatic heterocycles. The molecule has 0 radical (unpaired) electrons. The lowest BCUT2D eigenvalue weighted by molar-refractivity contribution is -0.126. The summed E-state index contributed by atoms with van der Waals surface area (Å²) in [6.07, 6.45) is 12.8. The molecule has 28 heavy (non-hydrogen) atoms. The molecule has 2 aliphatic rings. The van der Waals surface area contributed by atoms with Crippen molar-refractivity contribution in [3.8, 4) is 0 Å². The third-order valence-electron chi connectivity index (χ3n) is 6.76. The van der Waals surface area contributed by atoms with Crippen LogP contribution in [0.4, 0.5) is 0 Å². The summed E-state index contributed by atoms with van der Waals surface area (Å²) in [6.45, 7) is 8.72. The quantitative estimate of drug-likeness (QED) is 0.461. The number of hydrogen-bond donors (Lipinski definition) is 2. The molecule has 2 aliphatic carbocycles. The fraction of sp³-hybridized carbons (Fsp3) is 0.958. The van der Waals surface area contributed by atoms with Crippen LogP contribution in [-0.4, -0.2) is 34.7 Å². The normalized spacial score (nSPS) is 27.5. The van der Waals surface area contributed by atoms with Crippen LogP contribution in [-0.2, 0) is 4.79 Å². The molecule has 0 aromatic heterocycles. The van der Waals surface area contributed by atoms with E-state index < -0.39 is 0 Å². The van der Waals surface area contributed by atoms with E-state index in [1.807, 2.05) is 0 Å². The molecule has 2 N–H and O–H groups in total. The zero-order valence-electron chi connectivity index (χ0n) is 18.8. The van der Waals surface area contributed by atoms with Crippen molar-refractivity contribution in [2.75, 3.05) is 12.4 Å². The second kappa shape index (κ2) is 12.5. The minimum atomic E-state index is -0.101. The lowest BCUT2D eigenvalue weighted by Gasteiger charge is -2.39. The number of amides is 1. The number of carbonyl (C=O) groups excluding carboxylic acids is 1. The number of aliphatic hydroxyl groups is 1. The van der Waals surface area contributed by atoms with Crippen molar-refractivity contribution in [3.63, 3.8) is 0 Å². The van der Waals surface area contributed by atoms with E-state index in [2.05, 4.69) is 44.8 Å². The van der Waals surface area contributed by atoms with Crippen LogP contribution in [0.15, 0.2) is 0 Å². The van der Waals surface area contributed by atoms with Crippen molar-refractivity contribution in [1.82, 2.24) is 5.32 Å². The van der Waals surface area contributed by atoms with E-state index in [1.54, 1.807) is 0 Å². The summed E-state index contributed by atoms with van der Waals surface area (Å²) in [5.74, 6) is 4.34. The van der Waals surface area contributed by atoms with E-state index >= 15 is 0 Å². The van der Waals surface area contributed by atoms with Gasteiger partial charge in [0.25, 0.3) is 0 Å². The van der Waals surface area contributed by atoms with Crippen LogP contribution in [0, 0.1) is 29.6 Å². The summed E-state index contributed by atoms with van der Waals surface area (Å²) in [6, 6.07) is -0.101. The number of hydrogen-bond acceptors (Lipinski definition) is 3. The molecule has 1 amide bonds. The van der Waals surface area contributed by atoms with Crippen LogP contribution in [0.5, 0.6) is 0 Å². The minimum Gasteiger partial charge on any atom is -0.394 e. The lowest BCUT2D eigenvalue weighted by atomic mass is 9.71. The molecule has 0 aromatic carbocycles. The van der Waals surface area contributed by atoms with Crippen LogP contribution in [0.2, 0.25) is 0 Å². The molecule has 0 saturated heterocycles. The van der Waals surface area contributed by atoms with Crippen molar-refractivity contribution in [2.45, 2.75) is 103 Å². The fourth-order valence-corrected chi connectivity index (χ4v) is 6.79. The first-order valence-electron chi connectivity index (χ1n) is 11.9. The first-order valence-corrected chi connectivity index (χ1v) is 13.0. The van der Waals surface area contributed by atoms with Gasteiger partial charge in [-0.2, -0.15) is 11.8 Å². The van der Waals surface area contributed by atoms with Gasteiger partial charge >= 0.3 is 0 Å². The summed E-state index contributed by atoms with van der Waals surface area (Å²) >= 11 is 2.13. The van der Waals surface area contributed by atoms with E-state index in [-0.39, 0.29) is 24.5 Å². The maximum Gasteiger partial charge on any atom is 0.223 e. The number of aliphatic hydroxyl groups excluding tert-OH is 1. The van der Waals surface area contributed by atoms with Gasteiger partial charge in [-0.3, -0.25) is 4.79 Å². The Balaban J connectivity index is 1.78. The molecule has 4 unspecified atom stereocenters. The fourth-order valence-electron chi connectivity index (χ4n) is 5.35. The van der Waals surface area contributed by atoms with E-state index in [9.17, 15) is 9.90 Å². The van der Waals surface area contributed by atoms with Crippen molar-refractivity contribution < 1.29 is 9.90 Å². The SMILES string of the molecule is CC(C)CC(CCSC1CCC2CCCCC2C1)C(=O)N[C@H](CO)CC(C)C. The van der Waals surface area contributed by atoms with E-state index in [0.29, 0.717) is 11.8 Å². The number of rotatable bonds is 11. The predicted molar refractivity (Wildman–Crippen MR) is 122 cm³/mol. The van der Waals surface area contributed by atoms with Crippen molar-refractivity contribution in [3.05, 3.63) is 0 Å². The summed E-state index contributed by atoms with van der Waals surface area (Å²) in [4.78, 5) is 12.9. The van der Waals surface area contributed by atoms with E-state index in [1.165, 1.54) is 44.9 Å². The van der Waals surface area contributed by atoms with Gasteiger partial charge in [0, 0.05) is 11.2 Å². The molecule has 0 spiro atoms. The highest BCUT2D eigenvalue weighted by Gasteiger charge is 2.32. The molecule has 4 heteroatoms. The highest BCUT2D eigenvalue weighted by atomic mass is 32.2. The third kappa shape index (κ3) is 8.26. The lowest BCUT2D eigenvalue weighted by Crippen LogP contribution is -2.42. The van der Waals surface area contributed by atoms with Gasteiger partial charge in [0.05, 0.1) is 12.6 Å². The van der Waals surface area contributed by atoms with Crippen LogP contribution < -0.4 is 5.32 Å². The maximum atomic E-state index is 12.9. The van der Waals surface area contributed by atoms with Crippen molar-refractivity contribution >= 4 is 17.7 Å². The second-order valence-corrected chi connectivity index (χ2v) is 11.7. The summed E-state index contributed by atoms with van der Waals surface area (Å²) in [5.41, 5.74) is 0. The van der Waals surface area contributed by atoms with Gasteiger partial charge in [0.15, 0.2) is 0 Å². The Bertz CT molecular complexity index is 454. The van der Waals surface area contributed by atoms with E-state index in [0.717, 1.165) is 42.1 Å². The largest absolute Gasteiger partial charge is 0.394 e. The summed E-state index contributed by atoms with van der Waals surface area (Å²) < 4.78 is 0. The number of thioether (sulfide) groups is 1. The molecule has 164 valence electrons. The first kappa shape index (κ1) is 24.1. The Morgan fingerprint density at radius 3 is 2.32 bits per heavy atom. The molecule has 2 fully saturated rings. The Morgan fingerprint density at radius 1 is 1.00 bits per heavy atom. The van der Waals surface area contributed by atoms with Crippen LogP contribution >= 0.6 is 11.8 Å². The van der Waals surface area contributed by atoms with E-state index in [4.69, 9.17) is 0 Å². The Labute approximate surface area is 178 Å². The van der Waals surface area contributed by atoms with Gasteiger partial charge < -0.3 is 10.4 Å². The van der Waals surface area contributed by atoms with Gasteiger partial charge in [0.1, 0.15) is 0 Å². The minimum absolute atomic E-state index is 0.0394. The Morgan fingerprint density at radius 2 is 1.68 bits per heavy atom. The van der Waals surface area contributed by atoms with Crippen LogP contribution in [0.1, 0.15) is 91.9 Å². The zero-order chi connectivity index (χ0) is 20.5. The maximum absolute atomic E-state index is 12.9. The smallest absolute Gasteiger partial charge is 0.223 e. The van der Waals surface area contributed by atoms with Crippen molar-refractivity contribution in [1.29, 1.82) is 0 Å². The van der Waals surface area contributed by atoms with Crippen LogP contribution in [0.25, 0.3) is 0 Å². The highest BCUT2D eigenvalue weighted by molar-refractivity contribution is 7.99.